The molecule has 132 valence electrons. The second-order valence-electron chi connectivity index (χ2n) is 4.14. The van der Waals surface area contributed by atoms with E-state index in [1.165, 1.54) is 12.1 Å². The number of rotatable bonds is 6. The Morgan fingerprint density at radius 2 is 2.08 bits per heavy atom. The van der Waals surface area contributed by atoms with Crippen molar-refractivity contribution in [2.24, 2.45) is 4.99 Å². The molecule has 0 aliphatic heterocycles. The van der Waals surface area contributed by atoms with E-state index in [-0.39, 0.29) is 0 Å². The van der Waals surface area contributed by atoms with E-state index in [2.05, 4.69) is 26.2 Å². The second kappa shape index (κ2) is 9.46. The maximum Gasteiger partial charge on any atom is 0.347 e. The molecule has 1 aromatic carbocycles. The van der Waals surface area contributed by atoms with Crippen LogP contribution in [0, 0.1) is 0 Å². The van der Waals surface area contributed by atoms with E-state index < -0.39 is 21.4 Å². The number of carbonyl (C=O) groups excluding carboxylic acids is 2. The quantitative estimate of drug-likeness (QED) is 0.255. The van der Waals surface area contributed by atoms with Crippen molar-refractivity contribution in [3.8, 4) is 0 Å². The van der Waals surface area contributed by atoms with Crippen LogP contribution in [0.15, 0.2) is 27.7 Å². The van der Waals surface area contributed by atoms with Gasteiger partial charge in [0.25, 0.3) is 0 Å². The van der Waals surface area contributed by atoms with Crippen molar-refractivity contribution in [1.82, 2.24) is 5.06 Å². The fraction of sp³-hybridized carbons (Fsp3) is 0.333. The SMILES string of the molecule is CON(C(=O)Nc1ccc(Br)c(Cl)c1)C(N=C=O)C(Cl)(Cl)C(Cl)Cl. The Balaban J connectivity index is 3.09. The molecule has 1 atom stereocenters. The Kier molecular flexibility index (Phi) is 8.59. The number of aliphatic imine (C=N–C) groups is 1. The van der Waals surface area contributed by atoms with Crippen LogP contribution in [0.5, 0.6) is 0 Å². The number of nitrogens with zero attached hydrogens (tertiary/aromatic N) is 2. The molecule has 0 aliphatic carbocycles. The minimum Gasteiger partial charge on any atom is -0.306 e. The zero-order valence-corrected chi connectivity index (χ0v) is 17.1. The van der Waals surface area contributed by atoms with Gasteiger partial charge in [0.05, 0.1) is 12.1 Å². The molecule has 0 saturated carbocycles. The molecule has 1 rings (SSSR count). The van der Waals surface area contributed by atoms with Crippen LogP contribution in [0.1, 0.15) is 0 Å². The molecule has 1 unspecified atom stereocenters. The van der Waals surface area contributed by atoms with Crippen LogP contribution in [-0.4, -0.2) is 39.6 Å². The molecular formula is C12H9BrCl5N3O3. The van der Waals surface area contributed by atoms with Crippen LogP contribution >= 0.6 is 73.9 Å². The molecular weight excluding hydrogens is 491 g/mol. The van der Waals surface area contributed by atoms with Crippen LogP contribution in [0.3, 0.4) is 0 Å². The largest absolute Gasteiger partial charge is 0.347 e. The van der Waals surface area contributed by atoms with Gasteiger partial charge in [-0.3, -0.25) is 4.84 Å². The number of anilines is 1. The number of hydrogen-bond donors (Lipinski definition) is 1. The smallest absolute Gasteiger partial charge is 0.306 e. The fourth-order valence-electron chi connectivity index (χ4n) is 1.50. The van der Waals surface area contributed by atoms with Gasteiger partial charge in [-0.15, -0.1) is 23.2 Å². The number of carbonyl (C=O) groups is 1. The number of amides is 2. The number of benzene rings is 1. The zero-order chi connectivity index (χ0) is 18.5. The van der Waals surface area contributed by atoms with Crippen molar-refractivity contribution in [3.05, 3.63) is 27.7 Å². The van der Waals surface area contributed by atoms with Gasteiger partial charge in [0.2, 0.25) is 6.08 Å². The highest BCUT2D eigenvalue weighted by molar-refractivity contribution is 9.10. The average molecular weight is 500 g/mol. The first kappa shape index (κ1) is 21.8. The van der Waals surface area contributed by atoms with E-state index in [1.54, 1.807) is 12.1 Å². The zero-order valence-electron chi connectivity index (χ0n) is 11.8. The molecule has 0 radical (unpaired) electrons. The van der Waals surface area contributed by atoms with E-state index in [4.69, 9.17) is 62.8 Å². The molecule has 1 N–H and O–H groups in total. The topological polar surface area (TPSA) is 71.0 Å². The van der Waals surface area contributed by atoms with Gasteiger partial charge in [-0.2, -0.15) is 10.1 Å². The summed E-state index contributed by atoms with van der Waals surface area (Å²) in [6.07, 6.45) is -0.322. The summed E-state index contributed by atoms with van der Waals surface area (Å²) in [6, 6.07) is 3.83. The molecule has 0 fully saturated rings. The molecule has 0 heterocycles. The standard InChI is InChI=1S/C12H9BrCl5N3O3/c1-24-21(10(19-5-22)12(17,18)9(15)16)11(23)20-6-2-3-7(13)8(14)4-6/h2-4,9-10H,1H3,(H,20,23). The van der Waals surface area contributed by atoms with Crippen LogP contribution in [0.4, 0.5) is 10.5 Å². The van der Waals surface area contributed by atoms with Crippen molar-refractivity contribution in [2.45, 2.75) is 15.3 Å². The summed E-state index contributed by atoms with van der Waals surface area (Å²) in [4.78, 5) is 29.9. The molecule has 0 saturated heterocycles. The molecule has 2 amide bonds. The van der Waals surface area contributed by atoms with Crippen molar-refractivity contribution in [3.63, 3.8) is 0 Å². The Labute approximate surface area is 171 Å². The summed E-state index contributed by atoms with van der Waals surface area (Å²) in [6.45, 7) is 0. The minimum absolute atomic E-state index is 0.340. The molecule has 24 heavy (non-hydrogen) atoms. The van der Waals surface area contributed by atoms with E-state index >= 15 is 0 Å². The summed E-state index contributed by atoms with van der Waals surface area (Å²) >= 11 is 32.5. The molecule has 0 aromatic heterocycles. The summed E-state index contributed by atoms with van der Waals surface area (Å²) in [5, 5.41) is 3.44. The summed E-state index contributed by atoms with van der Waals surface area (Å²) in [5.74, 6) is 0. The Hall–Kier alpha value is -0.240. The molecule has 0 spiro atoms. The van der Waals surface area contributed by atoms with Crippen molar-refractivity contribution in [2.75, 3.05) is 12.4 Å². The highest BCUT2D eigenvalue weighted by Gasteiger charge is 2.47. The van der Waals surface area contributed by atoms with E-state index in [0.717, 1.165) is 7.11 Å². The number of alkyl halides is 4. The lowest BCUT2D eigenvalue weighted by atomic mass is 10.3. The lowest BCUT2D eigenvalue weighted by Gasteiger charge is -2.33. The predicted molar refractivity (Wildman–Crippen MR) is 98.9 cm³/mol. The Morgan fingerprint density at radius 3 is 2.54 bits per heavy atom. The molecule has 0 aliphatic rings. The van der Waals surface area contributed by atoms with Crippen LogP contribution in [0.25, 0.3) is 0 Å². The predicted octanol–water partition coefficient (Wildman–Crippen LogP) is 5.14. The van der Waals surface area contributed by atoms with E-state index in [1.807, 2.05) is 0 Å². The van der Waals surface area contributed by atoms with Gasteiger partial charge in [-0.05, 0) is 34.1 Å². The monoisotopic (exact) mass is 497 g/mol. The summed E-state index contributed by atoms with van der Waals surface area (Å²) in [5.41, 5.74) is 0.340. The number of isocyanates is 1. The highest BCUT2D eigenvalue weighted by atomic mass is 79.9. The second-order valence-corrected chi connectivity index (χ2v) is 7.94. The van der Waals surface area contributed by atoms with Gasteiger partial charge in [-0.25, -0.2) is 9.59 Å². The van der Waals surface area contributed by atoms with E-state index in [0.29, 0.717) is 20.2 Å². The first-order valence-electron chi connectivity index (χ1n) is 5.97. The van der Waals surface area contributed by atoms with E-state index in [9.17, 15) is 9.59 Å². The first-order valence-corrected chi connectivity index (χ1v) is 8.77. The maximum absolute atomic E-state index is 12.4. The van der Waals surface area contributed by atoms with Gasteiger partial charge < -0.3 is 5.32 Å². The third kappa shape index (κ3) is 5.38. The third-order valence-electron chi connectivity index (χ3n) is 2.60. The lowest BCUT2D eigenvalue weighted by molar-refractivity contribution is -0.113. The van der Waals surface area contributed by atoms with Crippen molar-refractivity contribution < 1.29 is 14.4 Å². The molecule has 0 bridgehead atoms. The number of hydroxylamine groups is 2. The molecule has 6 nitrogen and oxygen atoms in total. The van der Waals surface area contributed by atoms with Gasteiger partial charge in [0, 0.05) is 10.2 Å². The van der Waals surface area contributed by atoms with Gasteiger partial charge in [0.15, 0.2) is 10.5 Å². The first-order chi connectivity index (χ1) is 11.1. The number of urea groups is 1. The maximum atomic E-state index is 12.4. The van der Waals surface area contributed by atoms with Gasteiger partial charge in [-0.1, -0.05) is 34.8 Å². The van der Waals surface area contributed by atoms with Crippen molar-refractivity contribution >= 4 is 91.7 Å². The van der Waals surface area contributed by atoms with Gasteiger partial charge in [0.1, 0.15) is 4.84 Å². The van der Waals surface area contributed by atoms with Crippen molar-refractivity contribution in [1.29, 1.82) is 0 Å². The summed E-state index contributed by atoms with van der Waals surface area (Å²) < 4.78 is -1.40. The fourth-order valence-corrected chi connectivity index (χ4v) is 2.43. The highest BCUT2D eigenvalue weighted by Crippen LogP contribution is 2.38. The van der Waals surface area contributed by atoms with Gasteiger partial charge >= 0.3 is 6.03 Å². The number of hydrogen-bond acceptors (Lipinski definition) is 4. The summed E-state index contributed by atoms with van der Waals surface area (Å²) in [7, 11) is 1.14. The Bertz CT molecular complexity index is 655. The third-order valence-corrected chi connectivity index (χ3v) is 5.79. The number of nitrogens with one attached hydrogen (secondary N) is 1. The minimum atomic E-state index is -2.04. The average Bonchev–Trinajstić information content (AvgIpc) is 2.50. The van der Waals surface area contributed by atoms with Crippen LogP contribution in [0.2, 0.25) is 5.02 Å². The Morgan fingerprint density at radius 1 is 1.46 bits per heavy atom. The normalized spacial score (nSPS) is 12.5. The van der Waals surface area contributed by atoms with Crippen LogP contribution < -0.4 is 5.32 Å². The number of halogens is 6. The van der Waals surface area contributed by atoms with Crippen LogP contribution in [-0.2, 0) is 9.63 Å². The lowest BCUT2D eigenvalue weighted by Crippen LogP contribution is -2.52. The molecule has 1 aromatic rings. The molecule has 12 heteroatoms.